The highest BCUT2D eigenvalue weighted by Gasteiger charge is 2.25. The molecule has 0 amide bonds. The van der Waals surface area contributed by atoms with Crippen molar-refractivity contribution in [3.8, 4) is 5.75 Å². The first-order valence-electron chi connectivity index (χ1n) is 7.31. The van der Waals surface area contributed by atoms with Gasteiger partial charge < -0.3 is 9.64 Å². The van der Waals surface area contributed by atoms with E-state index in [1.165, 1.54) is 19.4 Å². The van der Waals surface area contributed by atoms with Crippen LogP contribution in [0.2, 0.25) is 0 Å². The molecular weight excluding hydrogens is 252 g/mol. The minimum absolute atomic E-state index is 0.442. The van der Waals surface area contributed by atoms with Crippen LogP contribution in [0.15, 0.2) is 18.3 Å². The topological polar surface area (TPSA) is 42.7 Å². The van der Waals surface area contributed by atoms with Gasteiger partial charge in [-0.2, -0.15) is 5.10 Å². The van der Waals surface area contributed by atoms with E-state index in [0.717, 1.165) is 23.8 Å². The maximum Gasteiger partial charge on any atom is 0.156 e. The lowest BCUT2D eigenvalue weighted by atomic mass is 9.96. The second kappa shape index (κ2) is 5.40. The van der Waals surface area contributed by atoms with E-state index < -0.39 is 0 Å². The Morgan fingerprint density at radius 1 is 1.35 bits per heavy atom. The van der Waals surface area contributed by atoms with Gasteiger partial charge >= 0.3 is 0 Å². The largest absolute Gasteiger partial charge is 0.495 e. The Hall–Kier alpha value is -1.62. The fourth-order valence-electron chi connectivity index (χ4n) is 2.86. The van der Waals surface area contributed by atoms with Crippen molar-refractivity contribution in [1.82, 2.24) is 19.5 Å². The first-order valence-corrected chi connectivity index (χ1v) is 7.31. The molecule has 2 aromatic rings. The molecule has 20 heavy (non-hydrogen) atoms. The molecule has 0 N–H and O–H groups in total. The van der Waals surface area contributed by atoms with E-state index in [9.17, 15) is 0 Å². The predicted molar refractivity (Wildman–Crippen MR) is 78.2 cm³/mol. The van der Waals surface area contributed by atoms with Crippen LogP contribution in [0.5, 0.6) is 5.75 Å². The first kappa shape index (κ1) is 13.4. The number of fused-ring (bicyclic) bond motifs is 1. The van der Waals surface area contributed by atoms with Crippen LogP contribution in [-0.2, 0) is 0 Å². The van der Waals surface area contributed by atoms with Crippen molar-refractivity contribution < 1.29 is 4.74 Å². The molecule has 0 radical (unpaired) electrons. The first-order chi connectivity index (χ1) is 9.67. The van der Waals surface area contributed by atoms with Crippen molar-refractivity contribution in [2.75, 3.05) is 20.2 Å². The van der Waals surface area contributed by atoms with Crippen molar-refractivity contribution in [2.45, 2.75) is 38.6 Å². The summed E-state index contributed by atoms with van der Waals surface area (Å²) in [6, 6.07) is 4.47. The van der Waals surface area contributed by atoms with E-state index >= 15 is 0 Å². The molecule has 3 rings (SSSR count). The summed E-state index contributed by atoms with van der Waals surface area (Å²) in [4.78, 5) is 7.19. The Balaban J connectivity index is 1.86. The molecule has 2 aromatic heterocycles. The van der Waals surface area contributed by atoms with Gasteiger partial charge in [0.2, 0.25) is 0 Å². The molecule has 108 valence electrons. The Morgan fingerprint density at radius 2 is 2.20 bits per heavy atom. The van der Waals surface area contributed by atoms with Crippen LogP contribution in [0.3, 0.4) is 0 Å². The van der Waals surface area contributed by atoms with Crippen LogP contribution in [0, 0.1) is 0 Å². The summed E-state index contributed by atoms with van der Waals surface area (Å²) in [5.74, 6) is 2.21. The second-order valence-corrected chi connectivity index (χ2v) is 5.77. The van der Waals surface area contributed by atoms with Crippen molar-refractivity contribution in [1.29, 1.82) is 0 Å². The van der Waals surface area contributed by atoms with Gasteiger partial charge in [0.25, 0.3) is 0 Å². The number of likely N-dealkylation sites (tertiary alicyclic amines) is 1. The number of nitrogens with zero attached hydrogens (tertiary/aromatic N) is 4. The zero-order valence-electron chi connectivity index (χ0n) is 12.4. The molecule has 1 saturated heterocycles. The summed E-state index contributed by atoms with van der Waals surface area (Å²) < 4.78 is 7.05. The third-order valence-electron chi connectivity index (χ3n) is 4.10. The highest BCUT2D eigenvalue weighted by molar-refractivity contribution is 5.40. The van der Waals surface area contributed by atoms with E-state index in [2.05, 4.69) is 28.8 Å². The number of hydrogen-bond donors (Lipinski definition) is 0. The van der Waals surface area contributed by atoms with Crippen molar-refractivity contribution in [2.24, 2.45) is 0 Å². The fraction of sp³-hybridized carbons (Fsp3) is 0.600. The maximum absolute atomic E-state index is 5.23. The normalized spacial score (nSPS) is 20.7. The molecule has 1 fully saturated rings. The number of rotatable bonds is 3. The zero-order chi connectivity index (χ0) is 14.1. The van der Waals surface area contributed by atoms with Crippen molar-refractivity contribution in [3.63, 3.8) is 0 Å². The third-order valence-corrected chi connectivity index (χ3v) is 4.10. The van der Waals surface area contributed by atoms with E-state index in [1.807, 2.05) is 22.8 Å². The molecule has 0 saturated carbocycles. The van der Waals surface area contributed by atoms with Crippen molar-refractivity contribution >= 4 is 5.65 Å². The Kier molecular flexibility index (Phi) is 3.61. The quantitative estimate of drug-likeness (QED) is 0.861. The van der Waals surface area contributed by atoms with E-state index in [0.29, 0.717) is 12.0 Å². The van der Waals surface area contributed by atoms with Gasteiger partial charge in [-0.25, -0.2) is 9.50 Å². The molecule has 1 aliphatic heterocycles. The van der Waals surface area contributed by atoms with Crippen LogP contribution < -0.4 is 4.74 Å². The molecule has 1 unspecified atom stereocenters. The van der Waals surface area contributed by atoms with Crippen LogP contribution in [0.25, 0.3) is 5.65 Å². The van der Waals surface area contributed by atoms with Crippen molar-refractivity contribution in [3.05, 3.63) is 24.2 Å². The number of piperidine rings is 1. The lowest BCUT2D eigenvalue weighted by molar-refractivity contribution is 0.165. The predicted octanol–water partition coefficient (Wildman–Crippen LogP) is 2.33. The van der Waals surface area contributed by atoms with Crippen LogP contribution >= 0.6 is 0 Å². The Bertz CT molecular complexity index is 593. The summed E-state index contributed by atoms with van der Waals surface area (Å²) >= 11 is 0. The summed E-state index contributed by atoms with van der Waals surface area (Å²) in [5, 5.41) is 4.64. The minimum Gasteiger partial charge on any atom is -0.495 e. The summed E-state index contributed by atoms with van der Waals surface area (Å²) in [5.41, 5.74) is 0.891. The number of ether oxygens (including phenoxy) is 1. The monoisotopic (exact) mass is 274 g/mol. The number of hydrogen-bond acceptors (Lipinski definition) is 4. The molecular formula is C15H22N4O. The number of methoxy groups -OCH3 is 1. The summed E-state index contributed by atoms with van der Waals surface area (Å²) in [6.07, 6.45) is 4.29. The van der Waals surface area contributed by atoms with Gasteiger partial charge in [0.05, 0.1) is 13.3 Å². The Morgan fingerprint density at radius 3 is 2.95 bits per heavy atom. The third kappa shape index (κ3) is 2.50. The maximum atomic E-state index is 5.23. The summed E-state index contributed by atoms with van der Waals surface area (Å²) in [6.45, 7) is 6.76. The standard InChI is InChI=1S/C15H22N4O/c1-11(2)18-8-4-5-12(9-18)15-16-14-7-6-13(20-3)10-19(14)17-15/h6-7,10-12H,4-5,8-9H2,1-3H3. The lowest BCUT2D eigenvalue weighted by Gasteiger charge is -2.34. The van der Waals surface area contributed by atoms with Crippen LogP contribution in [0.4, 0.5) is 0 Å². The average molecular weight is 274 g/mol. The van der Waals surface area contributed by atoms with Gasteiger partial charge in [0.1, 0.15) is 5.75 Å². The van der Waals surface area contributed by atoms with Gasteiger partial charge in [-0.1, -0.05) is 0 Å². The van der Waals surface area contributed by atoms with Crippen LogP contribution in [-0.4, -0.2) is 45.7 Å². The van der Waals surface area contributed by atoms with Gasteiger partial charge in [-0.3, -0.25) is 0 Å². The molecule has 0 aromatic carbocycles. The fourth-order valence-corrected chi connectivity index (χ4v) is 2.86. The van der Waals surface area contributed by atoms with Gasteiger partial charge in [0.15, 0.2) is 11.5 Å². The van der Waals surface area contributed by atoms with E-state index in [4.69, 9.17) is 4.74 Å². The number of aromatic nitrogens is 3. The molecule has 0 aliphatic carbocycles. The molecule has 0 bridgehead atoms. The molecule has 5 nitrogen and oxygen atoms in total. The zero-order valence-corrected chi connectivity index (χ0v) is 12.4. The van der Waals surface area contributed by atoms with Gasteiger partial charge in [0, 0.05) is 18.5 Å². The average Bonchev–Trinajstić information content (AvgIpc) is 2.90. The number of pyridine rings is 1. The summed E-state index contributed by atoms with van der Waals surface area (Å²) in [7, 11) is 1.67. The smallest absolute Gasteiger partial charge is 0.156 e. The molecule has 3 heterocycles. The van der Waals surface area contributed by atoms with E-state index in [1.54, 1.807) is 7.11 Å². The van der Waals surface area contributed by atoms with E-state index in [-0.39, 0.29) is 0 Å². The molecule has 0 spiro atoms. The van der Waals surface area contributed by atoms with Gasteiger partial charge in [-0.05, 0) is 45.4 Å². The highest BCUT2D eigenvalue weighted by atomic mass is 16.5. The second-order valence-electron chi connectivity index (χ2n) is 5.77. The molecule has 1 aliphatic rings. The Labute approximate surface area is 119 Å². The molecule has 5 heteroatoms. The lowest BCUT2D eigenvalue weighted by Crippen LogP contribution is -2.39. The highest BCUT2D eigenvalue weighted by Crippen LogP contribution is 2.26. The SMILES string of the molecule is COc1ccc2nc(C3CCCN(C(C)C)C3)nn2c1. The van der Waals surface area contributed by atoms with Gasteiger partial charge in [-0.15, -0.1) is 0 Å². The van der Waals surface area contributed by atoms with Crippen LogP contribution in [0.1, 0.15) is 38.4 Å². The minimum atomic E-state index is 0.442. The molecule has 1 atom stereocenters.